The minimum absolute atomic E-state index is 0.937. The Morgan fingerprint density at radius 2 is 1.00 bits per heavy atom. The number of nitrogens with zero attached hydrogens (tertiary/aromatic N) is 4. The van der Waals surface area contributed by atoms with E-state index in [2.05, 4.69) is 154 Å². The SMILES string of the molecule is Cn1c2ccccc2c2ccc3c4ccccc4n(-c4ccc(-c5nc6ccccc6n5-c5ccccc5)cc4)c3c21. The van der Waals surface area contributed by atoms with Gasteiger partial charge in [-0.25, -0.2) is 4.98 Å². The molecular formula is C38H26N4. The summed E-state index contributed by atoms with van der Waals surface area (Å²) in [7, 11) is 2.18. The summed E-state index contributed by atoms with van der Waals surface area (Å²) in [5, 5.41) is 5.08. The van der Waals surface area contributed by atoms with Crippen molar-refractivity contribution in [3.05, 3.63) is 140 Å². The van der Waals surface area contributed by atoms with E-state index in [1.54, 1.807) is 0 Å². The van der Waals surface area contributed by atoms with Crippen LogP contribution >= 0.6 is 0 Å². The molecule has 0 aliphatic carbocycles. The fourth-order valence-electron chi connectivity index (χ4n) is 6.80. The Morgan fingerprint density at radius 1 is 0.429 bits per heavy atom. The van der Waals surface area contributed by atoms with Gasteiger partial charge in [0.2, 0.25) is 0 Å². The molecule has 0 aliphatic heterocycles. The number of benzene rings is 6. The lowest BCUT2D eigenvalue weighted by Crippen LogP contribution is -1.99. The van der Waals surface area contributed by atoms with Crippen molar-refractivity contribution in [1.82, 2.24) is 18.7 Å². The Balaban J connectivity index is 1.30. The lowest BCUT2D eigenvalue weighted by atomic mass is 10.1. The summed E-state index contributed by atoms with van der Waals surface area (Å²) in [6.07, 6.45) is 0. The van der Waals surface area contributed by atoms with Crippen LogP contribution < -0.4 is 0 Å². The second kappa shape index (κ2) is 8.69. The third-order valence-electron chi connectivity index (χ3n) is 8.66. The van der Waals surface area contributed by atoms with Crippen molar-refractivity contribution >= 4 is 54.6 Å². The number of hydrogen-bond acceptors (Lipinski definition) is 1. The first kappa shape index (κ1) is 23.1. The van der Waals surface area contributed by atoms with E-state index in [0.29, 0.717) is 0 Å². The van der Waals surface area contributed by atoms with Crippen LogP contribution in [0.25, 0.3) is 77.4 Å². The number of hydrogen-bond donors (Lipinski definition) is 0. The molecule has 0 bridgehead atoms. The van der Waals surface area contributed by atoms with Crippen LogP contribution in [0.1, 0.15) is 0 Å². The fourth-order valence-corrected chi connectivity index (χ4v) is 6.80. The third kappa shape index (κ3) is 3.15. The molecule has 42 heavy (non-hydrogen) atoms. The smallest absolute Gasteiger partial charge is 0.145 e. The van der Waals surface area contributed by atoms with Crippen molar-refractivity contribution in [2.45, 2.75) is 0 Å². The number of aromatic nitrogens is 4. The molecule has 0 unspecified atom stereocenters. The average molecular weight is 539 g/mol. The fraction of sp³-hybridized carbons (Fsp3) is 0.0263. The predicted octanol–water partition coefficient (Wildman–Crippen LogP) is 9.43. The summed E-state index contributed by atoms with van der Waals surface area (Å²) in [4.78, 5) is 5.08. The van der Waals surface area contributed by atoms with Crippen molar-refractivity contribution in [1.29, 1.82) is 0 Å². The molecule has 3 aromatic heterocycles. The molecule has 0 aliphatic rings. The van der Waals surface area contributed by atoms with Crippen LogP contribution in [0, 0.1) is 0 Å². The Bertz CT molecular complexity index is 2460. The Labute approximate surface area is 242 Å². The van der Waals surface area contributed by atoms with Gasteiger partial charge in [-0.3, -0.25) is 4.57 Å². The van der Waals surface area contributed by atoms with Crippen molar-refractivity contribution in [2.75, 3.05) is 0 Å². The molecule has 0 radical (unpaired) electrons. The molecule has 0 saturated carbocycles. The second-order valence-corrected chi connectivity index (χ2v) is 10.9. The highest BCUT2D eigenvalue weighted by Crippen LogP contribution is 2.40. The van der Waals surface area contributed by atoms with Gasteiger partial charge in [0.05, 0.1) is 27.6 Å². The monoisotopic (exact) mass is 538 g/mol. The van der Waals surface area contributed by atoms with E-state index in [4.69, 9.17) is 4.98 Å². The van der Waals surface area contributed by atoms with E-state index in [1.165, 1.54) is 43.6 Å². The van der Waals surface area contributed by atoms with Gasteiger partial charge in [0.25, 0.3) is 0 Å². The number of fused-ring (bicyclic) bond motifs is 8. The molecule has 0 saturated heterocycles. The quantitative estimate of drug-likeness (QED) is 0.220. The molecule has 6 aromatic carbocycles. The highest BCUT2D eigenvalue weighted by atomic mass is 15.1. The van der Waals surface area contributed by atoms with Crippen LogP contribution in [0.2, 0.25) is 0 Å². The maximum Gasteiger partial charge on any atom is 0.145 e. The second-order valence-electron chi connectivity index (χ2n) is 10.9. The van der Waals surface area contributed by atoms with Crippen LogP contribution in [-0.2, 0) is 7.05 Å². The molecule has 198 valence electrons. The predicted molar refractivity (Wildman–Crippen MR) is 175 cm³/mol. The molecule has 9 rings (SSSR count). The largest absolute Gasteiger partial charge is 0.342 e. The van der Waals surface area contributed by atoms with Crippen LogP contribution in [0.15, 0.2) is 140 Å². The first-order valence-electron chi connectivity index (χ1n) is 14.3. The molecule has 9 aromatic rings. The zero-order valence-corrected chi connectivity index (χ0v) is 23.1. The molecule has 3 heterocycles. The standard InChI is InChI=1S/C38H26N4/c1-40-33-16-8-5-13-28(33)30-23-24-31-29-14-6-9-17-34(29)41(37(31)36(30)40)27-21-19-25(20-22-27)38-39-32-15-7-10-18-35(32)42(38)26-11-3-2-4-12-26/h2-24H,1H3. The van der Waals surface area contributed by atoms with Gasteiger partial charge < -0.3 is 9.13 Å². The van der Waals surface area contributed by atoms with E-state index in [1.807, 2.05) is 6.07 Å². The first-order valence-corrected chi connectivity index (χ1v) is 14.3. The van der Waals surface area contributed by atoms with Gasteiger partial charge in [-0.15, -0.1) is 0 Å². The maximum absolute atomic E-state index is 5.08. The van der Waals surface area contributed by atoms with E-state index < -0.39 is 0 Å². The van der Waals surface area contributed by atoms with E-state index >= 15 is 0 Å². The minimum Gasteiger partial charge on any atom is -0.342 e. The lowest BCUT2D eigenvalue weighted by molar-refractivity contribution is 1.01. The van der Waals surface area contributed by atoms with Gasteiger partial charge in [-0.05, 0) is 60.7 Å². The first-order chi connectivity index (χ1) is 20.8. The molecule has 4 nitrogen and oxygen atoms in total. The summed E-state index contributed by atoms with van der Waals surface area (Å²) in [5.74, 6) is 0.937. The summed E-state index contributed by atoms with van der Waals surface area (Å²) in [6, 6.07) is 49.7. The topological polar surface area (TPSA) is 27.7 Å². The highest BCUT2D eigenvalue weighted by molar-refractivity contribution is 6.23. The normalized spacial score (nSPS) is 11.9. The summed E-state index contributed by atoms with van der Waals surface area (Å²) >= 11 is 0. The van der Waals surface area contributed by atoms with Gasteiger partial charge in [-0.2, -0.15) is 0 Å². The van der Waals surface area contributed by atoms with E-state index in [-0.39, 0.29) is 0 Å². The van der Waals surface area contributed by atoms with E-state index in [0.717, 1.165) is 33.8 Å². The Kier molecular flexibility index (Phi) is 4.79. The average Bonchev–Trinajstić information content (AvgIpc) is 3.70. The minimum atomic E-state index is 0.937. The summed E-state index contributed by atoms with van der Waals surface area (Å²) in [6.45, 7) is 0. The molecule has 0 amide bonds. The summed E-state index contributed by atoms with van der Waals surface area (Å²) in [5.41, 5.74) is 10.3. The molecular weight excluding hydrogens is 512 g/mol. The van der Waals surface area contributed by atoms with Crippen LogP contribution in [-0.4, -0.2) is 18.7 Å². The number of para-hydroxylation sites is 5. The zero-order chi connectivity index (χ0) is 27.8. The molecule has 4 heteroatoms. The zero-order valence-electron chi connectivity index (χ0n) is 23.1. The number of imidazole rings is 1. The van der Waals surface area contributed by atoms with Gasteiger partial charge in [-0.1, -0.05) is 78.9 Å². The van der Waals surface area contributed by atoms with E-state index in [9.17, 15) is 0 Å². The van der Waals surface area contributed by atoms with Crippen molar-refractivity contribution in [3.63, 3.8) is 0 Å². The van der Waals surface area contributed by atoms with Crippen LogP contribution in [0.5, 0.6) is 0 Å². The molecule has 0 atom stereocenters. The van der Waals surface area contributed by atoms with Gasteiger partial charge >= 0.3 is 0 Å². The van der Waals surface area contributed by atoms with Crippen molar-refractivity contribution in [3.8, 4) is 22.8 Å². The molecule has 0 fully saturated rings. The Morgan fingerprint density at radius 3 is 1.76 bits per heavy atom. The number of rotatable bonds is 3. The third-order valence-corrected chi connectivity index (χ3v) is 8.66. The summed E-state index contributed by atoms with van der Waals surface area (Å²) < 4.78 is 7.03. The number of aryl methyl sites for hydroxylation is 1. The lowest BCUT2D eigenvalue weighted by Gasteiger charge is -2.12. The van der Waals surface area contributed by atoms with Crippen molar-refractivity contribution in [2.24, 2.45) is 7.05 Å². The van der Waals surface area contributed by atoms with Crippen LogP contribution in [0.4, 0.5) is 0 Å². The molecule has 0 N–H and O–H groups in total. The Hall–Kier alpha value is -5.61. The van der Waals surface area contributed by atoms with Crippen molar-refractivity contribution < 1.29 is 0 Å². The van der Waals surface area contributed by atoms with Gasteiger partial charge in [0.1, 0.15) is 5.82 Å². The van der Waals surface area contributed by atoms with Gasteiger partial charge in [0, 0.05) is 51.0 Å². The molecule has 0 spiro atoms. The highest BCUT2D eigenvalue weighted by Gasteiger charge is 2.20. The maximum atomic E-state index is 5.08. The van der Waals surface area contributed by atoms with Gasteiger partial charge in [0.15, 0.2) is 0 Å². The van der Waals surface area contributed by atoms with Crippen LogP contribution in [0.3, 0.4) is 0 Å².